The van der Waals surface area contributed by atoms with E-state index in [0.29, 0.717) is 23.1 Å². The van der Waals surface area contributed by atoms with Gasteiger partial charge in [0.2, 0.25) is 5.16 Å². The number of benzene rings is 2. The molecule has 0 atom stereocenters. The molecule has 6 nitrogen and oxygen atoms in total. The molecular formula is C17H15N5OS. The maximum atomic E-state index is 9.18. The number of para-hydroxylation sites is 2. The lowest BCUT2D eigenvalue weighted by Gasteiger charge is -2.10. The summed E-state index contributed by atoms with van der Waals surface area (Å²) in [5.41, 5.74) is 2.41. The van der Waals surface area contributed by atoms with Crippen molar-refractivity contribution in [2.45, 2.75) is 17.8 Å². The van der Waals surface area contributed by atoms with Crippen molar-refractivity contribution in [1.29, 1.82) is 5.26 Å². The van der Waals surface area contributed by atoms with Gasteiger partial charge in [0.15, 0.2) is 0 Å². The van der Waals surface area contributed by atoms with E-state index >= 15 is 0 Å². The number of aromatic nitrogens is 4. The van der Waals surface area contributed by atoms with Gasteiger partial charge in [0.05, 0.1) is 18.2 Å². The summed E-state index contributed by atoms with van der Waals surface area (Å²) in [6.07, 6.45) is 0. The fourth-order valence-corrected chi connectivity index (χ4v) is 3.12. The van der Waals surface area contributed by atoms with Crippen molar-refractivity contribution in [3.63, 3.8) is 0 Å². The normalized spacial score (nSPS) is 10.3. The lowest BCUT2D eigenvalue weighted by atomic mass is 10.1. The van der Waals surface area contributed by atoms with Crippen molar-refractivity contribution < 1.29 is 4.74 Å². The number of hydrogen-bond acceptors (Lipinski definition) is 6. The molecule has 0 unspecified atom stereocenters. The molecule has 0 saturated heterocycles. The maximum absolute atomic E-state index is 9.18. The molecule has 3 rings (SSSR count). The van der Waals surface area contributed by atoms with E-state index in [4.69, 9.17) is 4.74 Å². The van der Waals surface area contributed by atoms with E-state index in [1.807, 2.05) is 55.5 Å². The van der Waals surface area contributed by atoms with Crippen LogP contribution in [0.4, 0.5) is 0 Å². The third-order valence-corrected chi connectivity index (χ3v) is 4.30. The summed E-state index contributed by atoms with van der Waals surface area (Å²) >= 11 is 1.48. The van der Waals surface area contributed by atoms with E-state index in [0.717, 1.165) is 17.0 Å². The molecule has 0 radical (unpaired) electrons. The van der Waals surface area contributed by atoms with Gasteiger partial charge < -0.3 is 4.74 Å². The standard InChI is InChI=1S/C17H15N5OS/c1-2-23-16-10-6-5-9-15(16)22-17(19-20-21-22)24-12-14-8-4-3-7-13(14)11-18/h3-10H,2,12H2,1H3. The SMILES string of the molecule is CCOc1ccccc1-n1nnnc1SCc1ccccc1C#N. The predicted octanol–water partition coefficient (Wildman–Crippen LogP) is 3.22. The van der Waals surface area contributed by atoms with Gasteiger partial charge in [-0.2, -0.15) is 9.94 Å². The lowest BCUT2D eigenvalue weighted by Crippen LogP contribution is -2.03. The molecule has 1 heterocycles. The third kappa shape index (κ3) is 3.39. The first-order valence-corrected chi connectivity index (χ1v) is 8.43. The Morgan fingerprint density at radius 1 is 1.17 bits per heavy atom. The van der Waals surface area contributed by atoms with Crippen LogP contribution in [0.5, 0.6) is 5.75 Å². The van der Waals surface area contributed by atoms with Gasteiger partial charge in [-0.25, -0.2) is 0 Å². The van der Waals surface area contributed by atoms with Crippen molar-refractivity contribution in [3.8, 4) is 17.5 Å². The molecule has 1 aromatic heterocycles. The van der Waals surface area contributed by atoms with Crippen LogP contribution in [-0.2, 0) is 5.75 Å². The van der Waals surface area contributed by atoms with Gasteiger partial charge in [0, 0.05) is 5.75 Å². The minimum absolute atomic E-state index is 0.567. The Bertz CT molecular complexity index is 871. The average Bonchev–Trinajstić information content (AvgIpc) is 3.09. The molecule has 0 aliphatic rings. The predicted molar refractivity (Wildman–Crippen MR) is 91.0 cm³/mol. The van der Waals surface area contributed by atoms with Gasteiger partial charge in [-0.3, -0.25) is 0 Å². The molecule has 24 heavy (non-hydrogen) atoms. The highest BCUT2D eigenvalue weighted by Gasteiger charge is 2.14. The molecule has 120 valence electrons. The van der Waals surface area contributed by atoms with Gasteiger partial charge in [0.1, 0.15) is 11.4 Å². The summed E-state index contributed by atoms with van der Waals surface area (Å²) in [5, 5.41) is 21.8. The lowest BCUT2D eigenvalue weighted by molar-refractivity contribution is 0.337. The van der Waals surface area contributed by atoms with Gasteiger partial charge >= 0.3 is 0 Å². The van der Waals surface area contributed by atoms with Crippen LogP contribution in [0.15, 0.2) is 53.7 Å². The summed E-state index contributed by atoms with van der Waals surface area (Å²) in [7, 11) is 0. The first kappa shape index (κ1) is 16.0. The minimum Gasteiger partial charge on any atom is -0.492 e. The van der Waals surface area contributed by atoms with Crippen molar-refractivity contribution in [2.75, 3.05) is 6.61 Å². The van der Waals surface area contributed by atoms with Crippen LogP contribution in [-0.4, -0.2) is 26.8 Å². The molecular weight excluding hydrogens is 322 g/mol. The van der Waals surface area contributed by atoms with Gasteiger partial charge in [-0.15, -0.1) is 5.10 Å². The first-order chi connectivity index (χ1) is 11.8. The summed E-state index contributed by atoms with van der Waals surface area (Å²) in [6.45, 7) is 2.50. The summed E-state index contributed by atoms with van der Waals surface area (Å²) in [6, 6.07) is 17.4. The van der Waals surface area contributed by atoms with E-state index in [9.17, 15) is 5.26 Å². The summed E-state index contributed by atoms with van der Waals surface area (Å²) < 4.78 is 7.30. The zero-order valence-corrected chi connectivity index (χ0v) is 13.9. The molecule has 0 fully saturated rings. The zero-order chi connectivity index (χ0) is 16.8. The van der Waals surface area contributed by atoms with Crippen LogP contribution < -0.4 is 4.74 Å². The van der Waals surface area contributed by atoms with Crippen LogP contribution in [0.3, 0.4) is 0 Å². The first-order valence-electron chi connectivity index (χ1n) is 7.45. The van der Waals surface area contributed by atoms with Gasteiger partial charge in [0.25, 0.3) is 0 Å². The van der Waals surface area contributed by atoms with Crippen molar-refractivity contribution >= 4 is 11.8 Å². The molecule has 3 aromatic rings. The fourth-order valence-electron chi connectivity index (χ4n) is 2.23. The number of rotatable bonds is 6. The molecule has 0 spiro atoms. The topological polar surface area (TPSA) is 76.6 Å². The van der Waals surface area contributed by atoms with E-state index in [2.05, 4.69) is 21.6 Å². The number of thioether (sulfide) groups is 1. The number of ether oxygens (including phenoxy) is 1. The van der Waals surface area contributed by atoms with E-state index in [1.165, 1.54) is 11.8 Å². The molecule has 0 aliphatic heterocycles. The molecule has 2 aromatic carbocycles. The van der Waals surface area contributed by atoms with Crippen LogP contribution in [0, 0.1) is 11.3 Å². The maximum Gasteiger partial charge on any atom is 0.214 e. The quantitative estimate of drug-likeness (QED) is 0.643. The number of tetrazole rings is 1. The molecule has 0 bridgehead atoms. The largest absolute Gasteiger partial charge is 0.492 e. The van der Waals surface area contributed by atoms with E-state index in [1.54, 1.807) is 4.68 Å². The van der Waals surface area contributed by atoms with E-state index < -0.39 is 0 Å². The number of nitriles is 1. The fraction of sp³-hybridized carbons (Fsp3) is 0.176. The molecule has 7 heteroatoms. The Kier molecular flexibility index (Phi) is 5.08. The van der Waals surface area contributed by atoms with Gasteiger partial charge in [-0.05, 0) is 41.1 Å². The van der Waals surface area contributed by atoms with Crippen molar-refractivity contribution in [2.24, 2.45) is 0 Å². The highest BCUT2D eigenvalue weighted by molar-refractivity contribution is 7.98. The monoisotopic (exact) mass is 337 g/mol. The van der Waals surface area contributed by atoms with Crippen LogP contribution in [0.2, 0.25) is 0 Å². The van der Waals surface area contributed by atoms with Gasteiger partial charge in [-0.1, -0.05) is 42.1 Å². The van der Waals surface area contributed by atoms with Crippen LogP contribution in [0.1, 0.15) is 18.1 Å². The Balaban J connectivity index is 1.85. The zero-order valence-electron chi connectivity index (χ0n) is 13.1. The Morgan fingerprint density at radius 2 is 1.96 bits per heavy atom. The highest BCUT2D eigenvalue weighted by atomic mass is 32.2. The molecule has 0 N–H and O–H groups in total. The molecule has 0 amide bonds. The number of hydrogen-bond donors (Lipinski definition) is 0. The Morgan fingerprint density at radius 3 is 2.79 bits per heavy atom. The Hall–Kier alpha value is -2.85. The molecule has 0 saturated carbocycles. The minimum atomic E-state index is 0.567. The van der Waals surface area contributed by atoms with E-state index in [-0.39, 0.29) is 0 Å². The van der Waals surface area contributed by atoms with Crippen LogP contribution in [0.25, 0.3) is 5.69 Å². The average molecular weight is 337 g/mol. The highest BCUT2D eigenvalue weighted by Crippen LogP contribution is 2.28. The summed E-state index contributed by atoms with van der Waals surface area (Å²) in [5.74, 6) is 1.34. The Labute approximate surface area is 144 Å². The van der Waals surface area contributed by atoms with Crippen molar-refractivity contribution in [3.05, 3.63) is 59.7 Å². The second-order valence-corrected chi connectivity index (χ2v) is 5.77. The second-order valence-electron chi connectivity index (χ2n) is 4.83. The third-order valence-electron chi connectivity index (χ3n) is 3.33. The summed E-state index contributed by atoms with van der Waals surface area (Å²) in [4.78, 5) is 0. The van der Waals surface area contributed by atoms with Crippen molar-refractivity contribution in [1.82, 2.24) is 20.2 Å². The number of nitrogens with zero attached hydrogens (tertiary/aromatic N) is 5. The smallest absolute Gasteiger partial charge is 0.214 e. The van der Waals surface area contributed by atoms with Crippen LogP contribution >= 0.6 is 11.8 Å². The molecule has 0 aliphatic carbocycles. The second kappa shape index (κ2) is 7.62.